The zero-order valence-corrected chi connectivity index (χ0v) is 13.0. The van der Waals surface area contributed by atoms with Crippen LogP contribution in [0.15, 0.2) is 12.3 Å². The van der Waals surface area contributed by atoms with Crippen LogP contribution < -0.4 is 10.1 Å². The van der Waals surface area contributed by atoms with Gasteiger partial charge in [0.25, 0.3) is 0 Å². The van der Waals surface area contributed by atoms with Crippen molar-refractivity contribution in [3.63, 3.8) is 0 Å². The highest BCUT2D eigenvalue weighted by Crippen LogP contribution is 2.16. The maximum atomic E-state index is 13.2. The van der Waals surface area contributed by atoms with Crippen molar-refractivity contribution >= 4 is 0 Å². The molecular formula is C15H25FN2O2. The second-order valence-electron chi connectivity index (χ2n) is 5.96. The van der Waals surface area contributed by atoms with Gasteiger partial charge in [-0.1, -0.05) is 13.8 Å². The predicted molar refractivity (Wildman–Crippen MR) is 77.4 cm³/mol. The third-order valence-corrected chi connectivity index (χ3v) is 2.45. The number of pyridine rings is 1. The molecule has 0 saturated carbocycles. The van der Waals surface area contributed by atoms with Gasteiger partial charge in [0.15, 0.2) is 0 Å². The fourth-order valence-corrected chi connectivity index (χ4v) is 1.53. The van der Waals surface area contributed by atoms with Gasteiger partial charge >= 0.3 is 0 Å². The first-order valence-corrected chi connectivity index (χ1v) is 6.92. The lowest BCUT2D eigenvalue weighted by Crippen LogP contribution is -2.24. The fourth-order valence-electron chi connectivity index (χ4n) is 1.53. The Morgan fingerprint density at radius 3 is 2.60 bits per heavy atom. The average Bonchev–Trinajstić information content (AvgIpc) is 2.32. The van der Waals surface area contributed by atoms with Gasteiger partial charge in [0.1, 0.15) is 12.4 Å². The summed E-state index contributed by atoms with van der Waals surface area (Å²) in [6, 6.07) is 1.76. The molecule has 20 heavy (non-hydrogen) atoms. The first kappa shape index (κ1) is 16.9. The number of hydrogen-bond donors (Lipinski definition) is 1. The van der Waals surface area contributed by atoms with Gasteiger partial charge in [-0.05, 0) is 26.8 Å². The number of aromatic nitrogens is 1. The van der Waals surface area contributed by atoms with Crippen LogP contribution >= 0.6 is 0 Å². The molecule has 0 aliphatic rings. The smallest absolute Gasteiger partial charge is 0.218 e. The van der Waals surface area contributed by atoms with E-state index >= 15 is 0 Å². The number of ether oxygens (including phenoxy) is 2. The Labute approximate surface area is 120 Å². The highest BCUT2D eigenvalue weighted by atomic mass is 19.1. The number of nitrogens with one attached hydrogen (secondary N) is 1. The molecule has 0 aliphatic carbocycles. The van der Waals surface area contributed by atoms with Crippen LogP contribution in [0.25, 0.3) is 0 Å². The van der Waals surface area contributed by atoms with Gasteiger partial charge in [-0.3, -0.25) is 0 Å². The lowest BCUT2D eigenvalue weighted by molar-refractivity contribution is -0.0169. The van der Waals surface area contributed by atoms with Crippen LogP contribution in [-0.4, -0.2) is 29.8 Å². The van der Waals surface area contributed by atoms with Crippen LogP contribution in [-0.2, 0) is 11.3 Å². The summed E-state index contributed by atoms with van der Waals surface area (Å²) in [6.45, 7) is 11.4. The summed E-state index contributed by atoms with van der Waals surface area (Å²) in [7, 11) is 0. The maximum absolute atomic E-state index is 13.2. The molecule has 114 valence electrons. The molecule has 0 spiro atoms. The number of rotatable bonds is 7. The van der Waals surface area contributed by atoms with Crippen molar-refractivity contribution in [1.29, 1.82) is 0 Å². The zero-order valence-electron chi connectivity index (χ0n) is 13.0. The molecule has 0 saturated heterocycles. The second-order valence-corrected chi connectivity index (χ2v) is 5.96. The zero-order chi connectivity index (χ0) is 15.2. The van der Waals surface area contributed by atoms with Crippen molar-refractivity contribution in [1.82, 2.24) is 10.3 Å². The quantitative estimate of drug-likeness (QED) is 0.782. The number of halogens is 1. The predicted octanol–water partition coefficient (Wildman–Crippen LogP) is 2.91. The Balaban J connectivity index is 2.55. The van der Waals surface area contributed by atoms with Crippen molar-refractivity contribution in [3.05, 3.63) is 23.6 Å². The number of nitrogens with zero attached hydrogens (tertiary/aromatic N) is 1. The van der Waals surface area contributed by atoms with E-state index in [1.807, 2.05) is 34.6 Å². The molecule has 1 aromatic rings. The molecule has 1 N–H and O–H groups in total. The van der Waals surface area contributed by atoms with E-state index in [9.17, 15) is 4.39 Å². The van der Waals surface area contributed by atoms with E-state index in [0.717, 1.165) is 5.56 Å². The van der Waals surface area contributed by atoms with Crippen LogP contribution in [0, 0.1) is 5.82 Å². The third-order valence-electron chi connectivity index (χ3n) is 2.45. The molecule has 0 amide bonds. The summed E-state index contributed by atoms with van der Waals surface area (Å²) in [5, 5.41) is 3.23. The van der Waals surface area contributed by atoms with Crippen LogP contribution in [0.1, 0.15) is 40.2 Å². The van der Waals surface area contributed by atoms with Crippen molar-refractivity contribution in [2.75, 3.05) is 13.2 Å². The molecule has 1 heterocycles. The van der Waals surface area contributed by atoms with Crippen LogP contribution in [0.2, 0.25) is 0 Å². The average molecular weight is 284 g/mol. The Bertz CT molecular complexity index is 417. The Kier molecular flexibility index (Phi) is 6.36. The fraction of sp³-hybridized carbons (Fsp3) is 0.667. The topological polar surface area (TPSA) is 43.4 Å². The van der Waals surface area contributed by atoms with E-state index in [1.165, 1.54) is 12.3 Å². The van der Waals surface area contributed by atoms with E-state index in [0.29, 0.717) is 31.7 Å². The molecule has 4 nitrogen and oxygen atoms in total. The minimum Gasteiger partial charge on any atom is -0.475 e. The van der Waals surface area contributed by atoms with Gasteiger partial charge in [0.05, 0.1) is 18.4 Å². The van der Waals surface area contributed by atoms with Gasteiger partial charge in [-0.25, -0.2) is 9.37 Å². The summed E-state index contributed by atoms with van der Waals surface area (Å²) < 4.78 is 24.4. The minimum atomic E-state index is -0.358. The normalized spacial score (nSPS) is 11.9. The highest BCUT2D eigenvalue weighted by Gasteiger charge is 2.11. The SMILES string of the molecule is CC(C)NCc1cc(F)cnc1OCCOC(C)(C)C. The van der Waals surface area contributed by atoms with Crippen LogP contribution in [0.3, 0.4) is 0 Å². The molecule has 0 radical (unpaired) electrons. The lowest BCUT2D eigenvalue weighted by Gasteiger charge is -2.19. The monoisotopic (exact) mass is 284 g/mol. The van der Waals surface area contributed by atoms with E-state index in [-0.39, 0.29) is 11.4 Å². The molecule has 5 heteroatoms. The Morgan fingerprint density at radius 1 is 1.30 bits per heavy atom. The van der Waals surface area contributed by atoms with Gasteiger partial charge < -0.3 is 14.8 Å². The molecule has 0 aliphatic heterocycles. The Hall–Kier alpha value is -1.20. The summed E-state index contributed by atoms with van der Waals surface area (Å²) in [6.07, 6.45) is 1.17. The van der Waals surface area contributed by atoms with E-state index in [1.54, 1.807) is 0 Å². The van der Waals surface area contributed by atoms with E-state index in [4.69, 9.17) is 9.47 Å². The van der Waals surface area contributed by atoms with Gasteiger partial charge in [-0.15, -0.1) is 0 Å². The van der Waals surface area contributed by atoms with Crippen LogP contribution in [0.5, 0.6) is 5.88 Å². The first-order chi connectivity index (χ1) is 9.28. The lowest BCUT2D eigenvalue weighted by atomic mass is 10.2. The molecule has 0 aromatic carbocycles. The maximum Gasteiger partial charge on any atom is 0.218 e. The molecule has 0 fully saturated rings. The second kappa shape index (κ2) is 7.55. The third kappa shape index (κ3) is 6.82. The molecule has 0 atom stereocenters. The molecular weight excluding hydrogens is 259 g/mol. The van der Waals surface area contributed by atoms with E-state index < -0.39 is 0 Å². The summed E-state index contributed by atoms with van der Waals surface area (Å²) in [4.78, 5) is 4.00. The molecule has 1 rings (SSSR count). The molecule has 1 aromatic heterocycles. The summed E-state index contributed by atoms with van der Waals surface area (Å²) in [5.41, 5.74) is 0.524. The van der Waals surface area contributed by atoms with Crippen molar-refractivity contribution < 1.29 is 13.9 Å². The summed E-state index contributed by atoms with van der Waals surface area (Å²) in [5.74, 6) is 0.0981. The largest absolute Gasteiger partial charge is 0.475 e. The number of hydrogen-bond acceptors (Lipinski definition) is 4. The summed E-state index contributed by atoms with van der Waals surface area (Å²) >= 11 is 0. The van der Waals surface area contributed by atoms with Gasteiger partial charge in [-0.2, -0.15) is 0 Å². The van der Waals surface area contributed by atoms with Gasteiger partial charge in [0.2, 0.25) is 5.88 Å². The van der Waals surface area contributed by atoms with Crippen molar-refractivity contribution in [3.8, 4) is 5.88 Å². The van der Waals surface area contributed by atoms with E-state index in [2.05, 4.69) is 10.3 Å². The van der Waals surface area contributed by atoms with Crippen molar-refractivity contribution in [2.45, 2.75) is 52.8 Å². The highest BCUT2D eigenvalue weighted by molar-refractivity contribution is 5.26. The first-order valence-electron chi connectivity index (χ1n) is 6.92. The minimum absolute atomic E-state index is 0.193. The van der Waals surface area contributed by atoms with Crippen molar-refractivity contribution in [2.24, 2.45) is 0 Å². The molecule has 0 unspecified atom stereocenters. The standard InChI is InChI=1S/C15H25FN2O2/c1-11(2)17-9-12-8-13(16)10-18-14(12)19-6-7-20-15(3,4)5/h8,10-11,17H,6-7,9H2,1-5H3. The van der Waals surface area contributed by atoms with Crippen LogP contribution in [0.4, 0.5) is 4.39 Å². The Morgan fingerprint density at radius 2 is 2.00 bits per heavy atom. The molecule has 0 bridgehead atoms. The van der Waals surface area contributed by atoms with Gasteiger partial charge in [0, 0.05) is 18.2 Å².